The monoisotopic (exact) mass is 371 g/mol. The summed E-state index contributed by atoms with van der Waals surface area (Å²) in [5, 5.41) is 6.27. The Morgan fingerprint density at radius 1 is 1.08 bits per heavy atom. The zero-order chi connectivity index (χ0) is 18.9. The fraction of sp³-hybridized carbons (Fsp3) is 0.263. The van der Waals surface area contributed by atoms with Gasteiger partial charge in [0.25, 0.3) is 15.9 Å². The average molecular weight is 371 g/mol. The lowest BCUT2D eigenvalue weighted by molar-refractivity contribution is 0.0981. The van der Waals surface area contributed by atoms with Crippen molar-refractivity contribution < 1.29 is 13.2 Å². The van der Waals surface area contributed by atoms with Gasteiger partial charge in [-0.1, -0.05) is 17.7 Å². The number of amides is 1. The first kappa shape index (κ1) is 18.1. The van der Waals surface area contributed by atoms with Gasteiger partial charge in [-0.3, -0.25) is 9.80 Å². The second kappa shape index (κ2) is 6.92. The largest absolute Gasteiger partial charge is 0.268 e. The molecule has 1 heterocycles. The number of benzene rings is 2. The molecule has 0 spiro atoms. The number of hydrogen-bond donors (Lipinski definition) is 1. The van der Waals surface area contributed by atoms with E-state index < -0.39 is 15.9 Å². The highest BCUT2D eigenvalue weighted by atomic mass is 32.2. The van der Waals surface area contributed by atoms with Gasteiger partial charge < -0.3 is 0 Å². The number of hydrogen-bond acceptors (Lipinski definition) is 5. The lowest BCUT2D eigenvalue weighted by Crippen LogP contribution is -2.31. The number of hydrazone groups is 1. The molecule has 0 bridgehead atoms. The minimum atomic E-state index is -3.92. The second-order valence-electron chi connectivity index (χ2n) is 6.46. The standard InChI is InChI=1S/C19H21N3O3S/c1-13-4-9-18(14(2)12-13)26(24,25)21-19(23)16-5-7-17(8-6-16)22-11-10-15(3)20-22/h4-9,12H,10-11H2,1-3H3,(H,21,23). The van der Waals surface area contributed by atoms with Crippen LogP contribution in [-0.4, -0.2) is 26.6 Å². The third kappa shape index (κ3) is 3.77. The maximum atomic E-state index is 12.5. The van der Waals surface area contributed by atoms with Crippen molar-refractivity contribution in [1.82, 2.24) is 4.72 Å². The van der Waals surface area contributed by atoms with Crippen LogP contribution in [0.25, 0.3) is 0 Å². The molecule has 0 fully saturated rings. The summed E-state index contributed by atoms with van der Waals surface area (Å²) in [6.07, 6.45) is 0.913. The molecule has 0 saturated heterocycles. The van der Waals surface area contributed by atoms with Crippen LogP contribution in [0.5, 0.6) is 0 Å². The molecule has 0 aromatic heterocycles. The maximum absolute atomic E-state index is 12.5. The molecule has 0 radical (unpaired) electrons. The molecule has 0 saturated carbocycles. The molecule has 7 heteroatoms. The van der Waals surface area contributed by atoms with E-state index in [2.05, 4.69) is 9.82 Å². The van der Waals surface area contributed by atoms with Crippen LogP contribution in [0.1, 0.15) is 34.8 Å². The van der Waals surface area contributed by atoms with E-state index in [0.717, 1.165) is 29.9 Å². The minimum Gasteiger partial charge on any atom is -0.268 e. The van der Waals surface area contributed by atoms with Crippen molar-refractivity contribution in [3.8, 4) is 0 Å². The molecule has 26 heavy (non-hydrogen) atoms. The SMILES string of the molecule is CC1=NN(c2ccc(C(=O)NS(=O)(=O)c3ccc(C)cc3C)cc2)CC1. The third-order valence-corrected chi connectivity index (χ3v) is 5.74. The van der Waals surface area contributed by atoms with Crippen molar-refractivity contribution >= 4 is 27.3 Å². The van der Waals surface area contributed by atoms with Crippen LogP contribution in [0.3, 0.4) is 0 Å². The molecule has 0 atom stereocenters. The van der Waals surface area contributed by atoms with Crippen molar-refractivity contribution in [1.29, 1.82) is 0 Å². The zero-order valence-electron chi connectivity index (χ0n) is 15.0. The smallest absolute Gasteiger partial charge is 0.264 e. The van der Waals surface area contributed by atoms with Gasteiger partial charge in [0.15, 0.2) is 0 Å². The van der Waals surface area contributed by atoms with Gasteiger partial charge in [0.05, 0.1) is 10.6 Å². The number of nitrogens with zero attached hydrogens (tertiary/aromatic N) is 2. The van der Waals surface area contributed by atoms with E-state index in [1.165, 1.54) is 6.07 Å². The average Bonchev–Trinajstić information content (AvgIpc) is 3.00. The fourth-order valence-corrected chi connectivity index (χ4v) is 4.08. The zero-order valence-corrected chi connectivity index (χ0v) is 15.8. The Hall–Kier alpha value is -2.67. The normalized spacial score (nSPS) is 14.3. The van der Waals surface area contributed by atoms with Gasteiger partial charge in [-0.25, -0.2) is 13.1 Å². The quantitative estimate of drug-likeness (QED) is 0.896. The molecule has 1 aliphatic heterocycles. The number of anilines is 1. The Morgan fingerprint density at radius 2 is 1.77 bits per heavy atom. The summed E-state index contributed by atoms with van der Waals surface area (Å²) in [5.41, 5.74) is 3.77. The minimum absolute atomic E-state index is 0.106. The predicted octanol–water partition coefficient (Wildman–Crippen LogP) is 3.01. The lowest BCUT2D eigenvalue weighted by atomic mass is 10.2. The lowest BCUT2D eigenvalue weighted by Gasteiger charge is -2.14. The molecular weight excluding hydrogens is 350 g/mol. The summed E-state index contributed by atoms with van der Waals surface area (Å²) in [6.45, 7) is 6.37. The van der Waals surface area contributed by atoms with Crippen molar-refractivity contribution in [2.45, 2.75) is 32.1 Å². The van der Waals surface area contributed by atoms with Crippen LogP contribution in [0.4, 0.5) is 5.69 Å². The molecule has 2 aromatic rings. The topological polar surface area (TPSA) is 78.8 Å². The van der Waals surface area contributed by atoms with E-state index >= 15 is 0 Å². The van der Waals surface area contributed by atoms with Gasteiger partial charge in [0.1, 0.15) is 0 Å². The molecule has 1 aliphatic rings. The van der Waals surface area contributed by atoms with Crippen molar-refractivity contribution in [2.24, 2.45) is 5.10 Å². The van der Waals surface area contributed by atoms with Crippen LogP contribution in [-0.2, 0) is 10.0 Å². The van der Waals surface area contributed by atoms with Gasteiger partial charge in [0.2, 0.25) is 0 Å². The van der Waals surface area contributed by atoms with E-state index in [0.29, 0.717) is 5.56 Å². The number of carbonyl (C=O) groups is 1. The first-order chi connectivity index (χ1) is 12.3. The summed E-state index contributed by atoms with van der Waals surface area (Å²) in [6, 6.07) is 11.7. The van der Waals surface area contributed by atoms with Crippen LogP contribution < -0.4 is 9.73 Å². The van der Waals surface area contributed by atoms with Gasteiger partial charge in [0, 0.05) is 24.2 Å². The summed E-state index contributed by atoms with van der Waals surface area (Å²) < 4.78 is 27.1. The van der Waals surface area contributed by atoms with Gasteiger partial charge in [-0.15, -0.1) is 0 Å². The molecule has 3 rings (SSSR count). The Labute approximate surface area is 153 Å². The highest BCUT2D eigenvalue weighted by molar-refractivity contribution is 7.90. The highest BCUT2D eigenvalue weighted by Crippen LogP contribution is 2.21. The van der Waals surface area contributed by atoms with Gasteiger partial charge >= 0.3 is 0 Å². The summed E-state index contributed by atoms with van der Waals surface area (Å²) in [7, 11) is -3.92. The van der Waals surface area contributed by atoms with Crippen LogP contribution in [0, 0.1) is 13.8 Å². The highest BCUT2D eigenvalue weighted by Gasteiger charge is 2.21. The number of aryl methyl sites for hydroxylation is 2. The van der Waals surface area contributed by atoms with Crippen molar-refractivity contribution in [3.63, 3.8) is 0 Å². The van der Waals surface area contributed by atoms with Crippen LogP contribution in [0.15, 0.2) is 52.5 Å². The van der Waals surface area contributed by atoms with E-state index in [9.17, 15) is 13.2 Å². The summed E-state index contributed by atoms with van der Waals surface area (Å²) in [5.74, 6) is -0.655. The molecule has 1 N–H and O–H groups in total. The summed E-state index contributed by atoms with van der Waals surface area (Å²) >= 11 is 0. The third-order valence-electron chi connectivity index (χ3n) is 4.25. The Bertz CT molecular complexity index is 980. The fourth-order valence-electron chi connectivity index (χ4n) is 2.88. The van der Waals surface area contributed by atoms with Crippen LogP contribution in [0.2, 0.25) is 0 Å². The molecule has 0 aliphatic carbocycles. The van der Waals surface area contributed by atoms with E-state index in [-0.39, 0.29) is 10.5 Å². The number of carbonyl (C=O) groups excluding carboxylic acids is 1. The molecule has 1 amide bonds. The molecule has 0 unspecified atom stereocenters. The number of nitrogens with one attached hydrogen (secondary N) is 1. The molecular formula is C19H21N3O3S. The molecule has 2 aromatic carbocycles. The van der Waals surface area contributed by atoms with Gasteiger partial charge in [-0.05, 0) is 56.7 Å². The van der Waals surface area contributed by atoms with Crippen LogP contribution >= 0.6 is 0 Å². The van der Waals surface area contributed by atoms with E-state index in [1.54, 1.807) is 43.3 Å². The Balaban J connectivity index is 1.77. The number of sulfonamides is 1. The molecule has 136 valence electrons. The van der Waals surface area contributed by atoms with Crippen molar-refractivity contribution in [2.75, 3.05) is 11.6 Å². The van der Waals surface area contributed by atoms with E-state index in [1.807, 2.05) is 18.9 Å². The second-order valence-corrected chi connectivity index (χ2v) is 8.11. The maximum Gasteiger partial charge on any atom is 0.264 e. The number of rotatable bonds is 4. The Kier molecular flexibility index (Phi) is 4.82. The summed E-state index contributed by atoms with van der Waals surface area (Å²) in [4.78, 5) is 12.5. The Morgan fingerprint density at radius 3 is 2.35 bits per heavy atom. The first-order valence-corrected chi connectivity index (χ1v) is 9.81. The predicted molar refractivity (Wildman–Crippen MR) is 102 cm³/mol. The molecule has 6 nitrogen and oxygen atoms in total. The first-order valence-electron chi connectivity index (χ1n) is 8.32. The van der Waals surface area contributed by atoms with E-state index in [4.69, 9.17) is 0 Å². The van der Waals surface area contributed by atoms with Crippen molar-refractivity contribution in [3.05, 3.63) is 59.2 Å². The van der Waals surface area contributed by atoms with Gasteiger partial charge in [-0.2, -0.15) is 5.10 Å².